The largest absolute Gasteiger partial charge is 0.504 e. The summed E-state index contributed by atoms with van der Waals surface area (Å²) in [7, 11) is 0. The predicted molar refractivity (Wildman–Crippen MR) is 90.7 cm³/mol. The van der Waals surface area contributed by atoms with Crippen molar-refractivity contribution in [1.29, 1.82) is 0 Å². The summed E-state index contributed by atoms with van der Waals surface area (Å²) in [5.74, 6) is 1.08. The highest BCUT2D eigenvalue weighted by Crippen LogP contribution is 2.46. The van der Waals surface area contributed by atoms with Crippen LogP contribution in [0.4, 0.5) is 0 Å². The van der Waals surface area contributed by atoms with Crippen LogP contribution in [-0.4, -0.2) is 23.4 Å². The number of phenolic OH excluding ortho intramolecular Hbond substituents is 2. The van der Waals surface area contributed by atoms with Crippen LogP contribution in [0.1, 0.15) is 38.8 Å². The van der Waals surface area contributed by atoms with Crippen molar-refractivity contribution in [2.75, 3.05) is 13.2 Å². The summed E-state index contributed by atoms with van der Waals surface area (Å²) in [6.45, 7) is 8.58. The van der Waals surface area contributed by atoms with Crippen LogP contribution in [0.3, 0.4) is 0 Å². The Morgan fingerprint density at radius 1 is 0.783 bits per heavy atom. The highest BCUT2D eigenvalue weighted by molar-refractivity contribution is 5.57. The number of benzene rings is 2. The number of ether oxygens (including phenoxy) is 2. The van der Waals surface area contributed by atoms with Crippen LogP contribution < -0.4 is 9.47 Å². The van der Waals surface area contributed by atoms with E-state index in [1.807, 2.05) is 52.0 Å². The topological polar surface area (TPSA) is 58.9 Å². The van der Waals surface area contributed by atoms with E-state index in [2.05, 4.69) is 0 Å². The fourth-order valence-corrected chi connectivity index (χ4v) is 2.74. The molecule has 2 rings (SSSR count). The lowest BCUT2D eigenvalue weighted by molar-refractivity contribution is 0.310. The lowest BCUT2D eigenvalue weighted by Gasteiger charge is -2.28. The SMILES string of the molecule is CCOc1cccc(C(C)(C)c2cccc(OCC)c2O)c1O. The van der Waals surface area contributed by atoms with Gasteiger partial charge < -0.3 is 19.7 Å². The van der Waals surface area contributed by atoms with E-state index in [-0.39, 0.29) is 11.5 Å². The van der Waals surface area contributed by atoms with Crippen molar-refractivity contribution in [2.45, 2.75) is 33.1 Å². The first-order valence-electron chi connectivity index (χ1n) is 7.84. The van der Waals surface area contributed by atoms with E-state index in [0.717, 1.165) is 0 Å². The molecule has 0 radical (unpaired) electrons. The second kappa shape index (κ2) is 6.82. The first-order valence-corrected chi connectivity index (χ1v) is 7.84. The predicted octanol–water partition coefficient (Wildman–Crippen LogP) is 4.22. The highest BCUT2D eigenvalue weighted by atomic mass is 16.5. The van der Waals surface area contributed by atoms with E-state index in [1.165, 1.54) is 0 Å². The van der Waals surface area contributed by atoms with Crippen molar-refractivity contribution in [3.63, 3.8) is 0 Å². The Kier molecular flexibility index (Phi) is 5.04. The molecule has 0 spiro atoms. The average Bonchev–Trinajstić information content (AvgIpc) is 2.51. The second-order valence-electron chi connectivity index (χ2n) is 5.80. The van der Waals surface area contributed by atoms with Crippen LogP contribution >= 0.6 is 0 Å². The number of para-hydroxylation sites is 2. The van der Waals surface area contributed by atoms with Gasteiger partial charge in [-0.2, -0.15) is 0 Å². The number of rotatable bonds is 6. The molecule has 0 atom stereocenters. The van der Waals surface area contributed by atoms with E-state index < -0.39 is 5.41 Å². The van der Waals surface area contributed by atoms with Gasteiger partial charge in [0.1, 0.15) is 0 Å². The number of phenols is 2. The highest BCUT2D eigenvalue weighted by Gasteiger charge is 2.31. The molecule has 0 fully saturated rings. The monoisotopic (exact) mass is 316 g/mol. The van der Waals surface area contributed by atoms with E-state index in [4.69, 9.17) is 9.47 Å². The molecule has 0 aromatic heterocycles. The fraction of sp³-hybridized carbons (Fsp3) is 0.368. The maximum atomic E-state index is 10.5. The van der Waals surface area contributed by atoms with Crippen molar-refractivity contribution >= 4 is 0 Å². The minimum atomic E-state index is -0.617. The fourth-order valence-electron chi connectivity index (χ4n) is 2.74. The zero-order chi connectivity index (χ0) is 17.0. The summed E-state index contributed by atoms with van der Waals surface area (Å²) >= 11 is 0. The van der Waals surface area contributed by atoms with Crippen LogP contribution in [-0.2, 0) is 5.41 Å². The minimum absolute atomic E-state index is 0.0977. The zero-order valence-electron chi connectivity index (χ0n) is 14.1. The van der Waals surface area contributed by atoms with Gasteiger partial charge >= 0.3 is 0 Å². The van der Waals surface area contributed by atoms with E-state index in [1.54, 1.807) is 12.1 Å². The van der Waals surface area contributed by atoms with Crippen LogP contribution in [0.25, 0.3) is 0 Å². The standard InChI is InChI=1S/C19H24O4/c1-5-22-15-11-7-9-13(17(15)20)19(3,4)14-10-8-12-16(18(14)21)23-6-2/h7-12,20-21H,5-6H2,1-4H3. The molecule has 0 aliphatic carbocycles. The molecule has 0 heterocycles. The Hall–Kier alpha value is -2.36. The van der Waals surface area contributed by atoms with Crippen molar-refractivity contribution in [2.24, 2.45) is 0 Å². The Bertz CT molecular complexity index is 620. The first-order chi connectivity index (χ1) is 10.9. The van der Waals surface area contributed by atoms with Crippen molar-refractivity contribution in [3.05, 3.63) is 47.5 Å². The molecule has 124 valence electrons. The summed E-state index contributed by atoms with van der Waals surface area (Å²) in [6, 6.07) is 10.8. The Morgan fingerprint density at radius 3 is 1.52 bits per heavy atom. The van der Waals surface area contributed by atoms with Gasteiger partial charge in [0.2, 0.25) is 0 Å². The van der Waals surface area contributed by atoms with Gasteiger partial charge in [-0.25, -0.2) is 0 Å². The molecular formula is C19H24O4. The zero-order valence-corrected chi connectivity index (χ0v) is 14.1. The van der Waals surface area contributed by atoms with Crippen LogP contribution in [0.15, 0.2) is 36.4 Å². The summed E-state index contributed by atoms with van der Waals surface area (Å²) in [6.07, 6.45) is 0. The lowest BCUT2D eigenvalue weighted by Crippen LogP contribution is -2.19. The molecule has 2 aromatic carbocycles. The van der Waals surface area contributed by atoms with Gasteiger partial charge in [-0.3, -0.25) is 0 Å². The van der Waals surface area contributed by atoms with Gasteiger partial charge in [-0.1, -0.05) is 38.1 Å². The molecule has 2 aromatic rings. The van der Waals surface area contributed by atoms with E-state index in [0.29, 0.717) is 35.8 Å². The van der Waals surface area contributed by atoms with Crippen molar-refractivity contribution in [3.8, 4) is 23.0 Å². The van der Waals surface area contributed by atoms with Gasteiger partial charge in [-0.15, -0.1) is 0 Å². The third kappa shape index (κ3) is 3.21. The molecule has 0 saturated heterocycles. The molecule has 0 saturated carbocycles. The molecule has 2 N–H and O–H groups in total. The van der Waals surface area contributed by atoms with Crippen LogP contribution in [0, 0.1) is 0 Å². The van der Waals surface area contributed by atoms with Crippen molar-refractivity contribution < 1.29 is 19.7 Å². The molecule has 0 bridgehead atoms. The molecule has 4 heteroatoms. The molecule has 23 heavy (non-hydrogen) atoms. The van der Waals surface area contributed by atoms with E-state index in [9.17, 15) is 10.2 Å². The molecule has 0 aliphatic heterocycles. The normalized spacial score (nSPS) is 11.3. The molecule has 4 nitrogen and oxygen atoms in total. The smallest absolute Gasteiger partial charge is 0.161 e. The maximum Gasteiger partial charge on any atom is 0.161 e. The van der Waals surface area contributed by atoms with Crippen LogP contribution in [0.2, 0.25) is 0 Å². The second-order valence-corrected chi connectivity index (χ2v) is 5.80. The summed E-state index contributed by atoms with van der Waals surface area (Å²) < 4.78 is 10.9. The van der Waals surface area contributed by atoms with E-state index >= 15 is 0 Å². The number of aromatic hydroxyl groups is 2. The van der Waals surface area contributed by atoms with Gasteiger partial charge in [0.25, 0.3) is 0 Å². The van der Waals surface area contributed by atoms with Gasteiger partial charge in [0, 0.05) is 16.5 Å². The molecule has 0 aliphatic rings. The minimum Gasteiger partial charge on any atom is -0.504 e. The first kappa shape index (κ1) is 17.0. The Balaban J connectivity index is 2.55. The summed E-state index contributed by atoms with van der Waals surface area (Å²) in [4.78, 5) is 0. The van der Waals surface area contributed by atoms with Gasteiger partial charge in [0.05, 0.1) is 13.2 Å². The third-order valence-corrected chi connectivity index (χ3v) is 3.94. The van der Waals surface area contributed by atoms with Crippen molar-refractivity contribution in [1.82, 2.24) is 0 Å². The molecule has 0 unspecified atom stereocenters. The Morgan fingerprint density at radius 2 is 1.17 bits per heavy atom. The quantitative estimate of drug-likeness (QED) is 0.837. The molecular weight excluding hydrogens is 292 g/mol. The van der Waals surface area contributed by atoms with Gasteiger partial charge in [0.15, 0.2) is 23.0 Å². The number of hydrogen-bond donors (Lipinski definition) is 2. The lowest BCUT2D eigenvalue weighted by atomic mass is 9.77. The third-order valence-electron chi connectivity index (χ3n) is 3.94. The summed E-state index contributed by atoms with van der Waals surface area (Å²) in [5, 5.41) is 21.1. The average molecular weight is 316 g/mol. The summed E-state index contributed by atoms with van der Waals surface area (Å²) in [5.41, 5.74) is 0.758. The van der Waals surface area contributed by atoms with Gasteiger partial charge in [-0.05, 0) is 26.0 Å². The number of hydrogen-bond acceptors (Lipinski definition) is 4. The maximum absolute atomic E-state index is 10.5. The molecule has 0 amide bonds. The Labute approximate surface area is 137 Å². The van der Waals surface area contributed by atoms with Crippen LogP contribution in [0.5, 0.6) is 23.0 Å².